The predicted molar refractivity (Wildman–Crippen MR) is 75.0 cm³/mol. The molecule has 0 bridgehead atoms. The Morgan fingerprint density at radius 1 is 1.43 bits per heavy atom. The molecule has 0 amide bonds. The van der Waals surface area contributed by atoms with Crippen LogP contribution in [0.1, 0.15) is 30.4 Å². The number of sulfonamides is 1. The molecule has 0 aliphatic heterocycles. The lowest BCUT2D eigenvalue weighted by molar-refractivity contribution is -0.141. The molecule has 1 aromatic rings. The number of aryl methyl sites for hydroxylation is 1. The number of carbonyl (C=O) groups is 1. The summed E-state index contributed by atoms with van der Waals surface area (Å²) in [5.41, 5.74) is 1.02. The van der Waals surface area contributed by atoms with Crippen LogP contribution in [0.3, 0.4) is 0 Å². The predicted octanol–water partition coefficient (Wildman–Crippen LogP) is 1.40. The van der Waals surface area contributed by atoms with Crippen LogP contribution >= 0.6 is 0 Å². The smallest absolute Gasteiger partial charge is 0.306 e. The standard InChI is InChI=1S/C14H16N2O4S/c1-9-6-13(5-3-11(9)8-15)21(19,20)16-12-4-2-10(7-12)14(17)18/h3,5-6,10,12,16H,2,4,7H2,1H3,(H,17,18). The second kappa shape index (κ2) is 5.84. The molecule has 6 nitrogen and oxygen atoms in total. The van der Waals surface area contributed by atoms with Crippen LogP contribution in [0.5, 0.6) is 0 Å². The lowest BCUT2D eigenvalue weighted by Gasteiger charge is -2.13. The molecule has 2 rings (SSSR count). The molecule has 1 aromatic carbocycles. The van der Waals surface area contributed by atoms with Gasteiger partial charge in [-0.25, -0.2) is 13.1 Å². The van der Waals surface area contributed by atoms with Gasteiger partial charge in [-0.2, -0.15) is 5.26 Å². The highest BCUT2D eigenvalue weighted by Crippen LogP contribution is 2.27. The van der Waals surface area contributed by atoms with Crippen molar-refractivity contribution in [3.8, 4) is 6.07 Å². The van der Waals surface area contributed by atoms with Gasteiger partial charge in [0.15, 0.2) is 0 Å². The summed E-state index contributed by atoms with van der Waals surface area (Å²) in [6, 6.07) is 5.94. The highest BCUT2D eigenvalue weighted by molar-refractivity contribution is 7.89. The second-order valence-corrected chi connectivity index (χ2v) is 6.97. The number of nitrogens with one attached hydrogen (secondary N) is 1. The van der Waals surface area contributed by atoms with Crippen molar-refractivity contribution in [1.29, 1.82) is 5.26 Å². The monoisotopic (exact) mass is 308 g/mol. The normalized spacial score (nSPS) is 21.9. The van der Waals surface area contributed by atoms with Crippen LogP contribution in [-0.2, 0) is 14.8 Å². The number of nitrogens with zero attached hydrogens (tertiary/aromatic N) is 1. The molecule has 1 aliphatic rings. The van der Waals surface area contributed by atoms with E-state index in [9.17, 15) is 13.2 Å². The number of hydrogen-bond donors (Lipinski definition) is 2. The molecule has 0 spiro atoms. The molecule has 2 N–H and O–H groups in total. The molecule has 21 heavy (non-hydrogen) atoms. The largest absolute Gasteiger partial charge is 0.481 e. The highest BCUT2D eigenvalue weighted by Gasteiger charge is 2.32. The van der Waals surface area contributed by atoms with Gasteiger partial charge in [-0.1, -0.05) is 0 Å². The summed E-state index contributed by atoms with van der Waals surface area (Å²) in [7, 11) is -3.69. The van der Waals surface area contributed by atoms with E-state index < -0.39 is 21.9 Å². The number of hydrogen-bond acceptors (Lipinski definition) is 4. The van der Waals surface area contributed by atoms with E-state index in [1.165, 1.54) is 18.2 Å². The van der Waals surface area contributed by atoms with Crippen LogP contribution in [-0.4, -0.2) is 25.5 Å². The Labute approximate surface area is 123 Å². The zero-order valence-corrected chi connectivity index (χ0v) is 12.4. The third-order valence-corrected chi connectivity index (χ3v) is 5.25. The quantitative estimate of drug-likeness (QED) is 0.874. The van der Waals surface area contributed by atoms with Crippen LogP contribution in [0.4, 0.5) is 0 Å². The molecule has 0 aromatic heterocycles. The maximum atomic E-state index is 12.3. The summed E-state index contributed by atoms with van der Waals surface area (Å²) in [6.07, 6.45) is 1.31. The first-order valence-corrected chi connectivity index (χ1v) is 8.07. The average Bonchev–Trinajstić information content (AvgIpc) is 2.86. The number of carboxylic acid groups (broad SMARTS) is 1. The van der Waals surface area contributed by atoms with Gasteiger partial charge in [0, 0.05) is 6.04 Å². The van der Waals surface area contributed by atoms with E-state index in [2.05, 4.69) is 4.72 Å². The van der Waals surface area contributed by atoms with Gasteiger partial charge in [-0.3, -0.25) is 4.79 Å². The molecular weight excluding hydrogens is 292 g/mol. The summed E-state index contributed by atoms with van der Waals surface area (Å²) in [5, 5.41) is 17.8. The van der Waals surface area contributed by atoms with Gasteiger partial charge in [0.25, 0.3) is 0 Å². The average molecular weight is 308 g/mol. The number of rotatable bonds is 4. The van der Waals surface area contributed by atoms with Gasteiger partial charge < -0.3 is 5.11 Å². The maximum absolute atomic E-state index is 12.3. The first-order chi connectivity index (χ1) is 9.83. The summed E-state index contributed by atoms with van der Waals surface area (Å²) in [5.74, 6) is -1.37. The Balaban J connectivity index is 2.15. The second-order valence-electron chi connectivity index (χ2n) is 5.25. The first-order valence-electron chi connectivity index (χ1n) is 6.59. The van der Waals surface area contributed by atoms with Crippen molar-refractivity contribution in [1.82, 2.24) is 4.72 Å². The van der Waals surface area contributed by atoms with Crippen LogP contribution in [0, 0.1) is 24.2 Å². The summed E-state index contributed by atoms with van der Waals surface area (Å²) < 4.78 is 27.1. The van der Waals surface area contributed by atoms with Crippen LogP contribution in [0.25, 0.3) is 0 Å². The minimum absolute atomic E-state index is 0.0952. The van der Waals surface area contributed by atoms with E-state index in [1.54, 1.807) is 6.92 Å². The molecule has 112 valence electrons. The summed E-state index contributed by atoms with van der Waals surface area (Å²) >= 11 is 0. The molecule has 0 heterocycles. The zero-order chi connectivity index (χ0) is 15.6. The van der Waals surface area contributed by atoms with Crippen molar-refractivity contribution >= 4 is 16.0 Å². The number of nitriles is 1. The van der Waals surface area contributed by atoms with Gasteiger partial charge in [0.05, 0.1) is 22.4 Å². The molecule has 7 heteroatoms. The minimum Gasteiger partial charge on any atom is -0.481 e. The van der Waals surface area contributed by atoms with Gasteiger partial charge in [0.2, 0.25) is 10.0 Å². The Morgan fingerprint density at radius 2 is 2.14 bits per heavy atom. The molecule has 1 aliphatic carbocycles. The Kier molecular flexibility index (Phi) is 4.30. The van der Waals surface area contributed by atoms with Crippen LogP contribution in [0.15, 0.2) is 23.1 Å². The van der Waals surface area contributed by atoms with Crippen LogP contribution in [0.2, 0.25) is 0 Å². The van der Waals surface area contributed by atoms with Crippen molar-refractivity contribution in [2.24, 2.45) is 5.92 Å². The van der Waals surface area contributed by atoms with Crippen molar-refractivity contribution in [3.05, 3.63) is 29.3 Å². The Morgan fingerprint density at radius 3 is 2.67 bits per heavy atom. The van der Waals surface area contributed by atoms with Crippen LogP contribution < -0.4 is 4.72 Å². The fourth-order valence-corrected chi connectivity index (χ4v) is 3.90. The number of carboxylic acids is 1. The van der Waals surface area contributed by atoms with E-state index in [-0.39, 0.29) is 10.9 Å². The van der Waals surface area contributed by atoms with Gasteiger partial charge in [-0.15, -0.1) is 0 Å². The van der Waals surface area contributed by atoms with Gasteiger partial charge in [0.1, 0.15) is 0 Å². The Bertz CT molecular complexity index is 706. The lowest BCUT2D eigenvalue weighted by atomic mass is 10.1. The van der Waals surface area contributed by atoms with Gasteiger partial charge in [-0.05, 0) is 49.9 Å². The molecule has 1 fully saturated rings. The fraction of sp³-hybridized carbons (Fsp3) is 0.429. The van der Waals surface area contributed by atoms with E-state index in [0.29, 0.717) is 30.4 Å². The van der Waals surface area contributed by atoms with Crippen molar-refractivity contribution < 1.29 is 18.3 Å². The van der Waals surface area contributed by atoms with E-state index in [0.717, 1.165) is 0 Å². The summed E-state index contributed by atoms with van der Waals surface area (Å²) in [6.45, 7) is 1.67. The van der Waals surface area contributed by atoms with Crippen molar-refractivity contribution in [2.45, 2.75) is 37.1 Å². The van der Waals surface area contributed by atoms with E-state index >= 15 is 0 Å². The molecule has 2 unspecified atom stereocenters. The third kappa shape index (κ3) is 3.40. The molecule has 2 atom stereocenters. The molecule has 0 radical (unpaired) electrons. The first kappa shape index (κ1) is 15.5. The van der Waals surface area contributed by atoms with Crippen molar-refractivity contribution in [3.63, 3.8) is 0 Å². The van der Waals surface area contributed by atoms with Crippen molar-refractivity contribution in [2.75, 3.05) is 0 Å². The Hall–Kier alpha value is -1.91. The SMILES string of the molecule is Cc1cc(S(=O)(=O)NC2CCC(C(=O)O)C2)ccc1C#N. The topological polar surface area (TPSA) is 107 Å². The molecular formula is C14H16N2O4S. The molecule has 1 saturated carbocycles. The number of benzene rings is 1. The zero-order valence-electron chi connectivity index (χ0n) is 11.5. The summed E-state index contributed by atoms with van der Waals surface area (Å²) in [4.78, 5) is 11.0. The molecule has 0 saturated heterocycles. The van der Waals surface area contributed by atoms with E-state index in [4.69, 9.17) is 10.4 Å². The fourth-order valence-electron chi connectivity index (χ4n) is 2.53. The maximum Gasteiger partial charge on any atom is 0.306 e. The highest BCUT2D eigenvalue weighted by atomic mass is 32.2. The van der Waals surface area contributed by atoms with Gasteiger partial charge >= 0.3 is 5.97 Å². The third-order valence-electron chi connectivity index (χ3n) is 3.73. The number of aliphatic carboxylic acids is 1. The van der Waals surface area contributed by atoms with E-state index in [1.807, 2.05) is 6.07 Å². The lowest BCUT2D eigenvalue weighted by Crippen LogP contribution is -2.33. The minimum atomic E-state index is -3.69.